The van der Waals surface area contributed by atoms with Crippen LogP contribution < -0.4 is 0 Å². The van der Waals surface area contributed by atoms with Crippen LogP contribution in [0.15, 0.2) is 0 Å². The van der Waals surface area contributed by atoms with Gasteiger partial charge in [0.2, 0.25) is 0 Å². The molecule has 3 atom stereocenters. The molecule has 0 unspecified atom stereocenters. The number of rotatable bonds is 3. The third-order valence-electron chi connectivity index (χ3n) is 4.14. The molecule has 92 valence electrons. The van der Waals surface area contributed by atoms with E-state index in [1.54, 1.807) is 0 Å². The molecular weight excluding hydrogens is 216 g/mol. The van der Waals surface area contributed by atoms with Crippen LogP contribution in [0.3, 0.4) is 0 Å². The Kier molecular flexibility index (Phi) is 2.28. The predicted molar refractivity (Wildman–Crippen MR) is 62.8 cm³/mol. The van der Waals surface area contributed by atoms with Gasteiger partial charge in [0.1, 0.15) is 0 Å². The summed E-state index contributed by atoms with van der Waals surface area (Å²) in [6.07, 6.45) is 0.994. The molecular formula is C13H18N2O2. The maximum absolute atomic E-state index is 11.7. The monoisotopic (exact) mass is 234 g/mol. The number of nitrogens with one attached hydrogen (secondary N) is 1. The average molecular weight is 234 g/mol. The molecule has 4 nitrogen and oxygen atoms in total. The summed E-state index contributed by atoms with van der Waals surface area (Å²) in [7, 11) is 0. The Labute approximate surface area is 101 Å². The summed E-state index contributed by atoms with van der Waals surface area (Å²) in [5.74, 6) is 2.55. The zero-order valence-electron chi connectivity index (χ0n) is 10.5. The van der Waals surface area contributed by atoms with E-state index < -0.39 is 0 Å². The molecule has 0 saturated heterocycles. The van der Waals surface area contributed by atoms with Crippen LogP contribution in [0.1, 0.15) is 48.4 Å². The highest BCUT2D eigenvalue weighted by atomic mass is 16.5. The van der Waals surface area contributed by atoms with E-state index in [2.05, 4.69) is 24.0 Å². The molecule has 2 aliphatic carbocycles. The molecule has 0 amide bonds. The molecule has 1 N–H and O–H groups in total. The van der Waals surface area contributed by atoms with E-state index in [-0.39, 0.29) is 5.97 Å². The summed E-state index contributed by atoms with van der Waals surface area (Å²) in [5.41, 5.74) is 2.81. The first-order valence-corrected chi connectivity index (χ1v) is 6.39. The van der Waals surface area contributed by atoms with Crippen LogP contribution in [0.25, 0.3) is 0 Å². The van der Waals surface area contributed by atoms with Gasteiger partial charge in [-0.2, -0.15) is 5.10 Å². The molecule has 3 rings (SSSR count). The van der Waals surface area contributed by atoms with Crippen molar-refractivity contribution in [2.24, 2.45) is 17.8 Å². The summed E-state index contributed by atoms with van der Waals surface area (Å²) < 4.78 is 5.01. The SMILES string of the molecule is CCOC(=O)c1n[nH]c2c1C[C@@H]1[C@H]2[C@H]1C(C)C. The third kappa shape index (κ3) is 1.43. The van der Waals surface area contributed by atoms with Gasteiger partial charge < -0.3 is 4.74 Å². The second-order valence-electron chi connectivity index (χ2n) is 5.40. The van der Waals surface area contributed by atoms with E-state index in [0.717, 1.165) is 23.8 Å². The number of fused-ring (bicyclic) bond motifs is 3. The van der Waals surface area contributed by atoms with Gasteiger partial charge in [0.15, 0.2) is 5.69 Å². The lowest BCUT2D eigenvalue weighted by Gasteiger charge is -2.07. The highest BCUT2D eigenvalue weighted by Crippen LogP contribution is 2.64. The topological polar surface area (TPSA) is 55.0 Å². The third-order valence-corrected chi connectivity index (χ3v) is 4.14. The number of nitrogens with zero attached hydrogens (tertiary/aromatic N) is 1. The number of hydrogen-bond donors (Lipinski definition) is 1. The quantitative estimate of drug-likeness (QED) is 0.815. The summed E-state index contributed by atoms with van der Waals surface area (Å²) >= 11 is 0. The summed E-state index contributed by atoms with van der Waals surface area (Å²) in [5, 5.41) is 7.18. The average Bonchev–Trinajstić information content (AvgIpc) is 2.66. The van der Waals surface area contributed by atoms with Gasteiger partial charge in [-0.05, 0) is 31.1 Å². The number of hydrogen-bond acceptors (Lipinski definition) is 3. The largest absolute Gasteiger partial charge is 0.461 e. The van der Waals surface area contributed by atoms with Crippen LogP contribution in [-0.4, -0.2) is 22.8 Å². The van der Waals surface area contributed by atoms with Crippen LogP contribution in [0.2, 0.25) is 0 Å². The zero-order valence-corrected chi connectivity index (χ0v) is 10.5. The van der Waals surface area contributed by atoms with Crippen LogP contribution in [0.4, 0.5) is 0 Å². The minimum absolute atomic E-state index is 0.285. The summed E-state index contributed by atoms with van der Waals surface area (Å²) in [4.78, 5) is 11.7. The van der Waals surface area contributed by atoms with Crippen molar-refractivity contribution in [2.45, 2.75) is 33.1 Å². The van der Waals surface area contributed by atoms with Crippen LogP contribution in [0, 0.1) is 17.8 Å². The van der Waals surface area contributed by atoms with Gasteiger partial charge in [-0.3, -0.25) is 5.10 Å². The van der Waals surface area contributed by atoms with Crippen LogP contribution >= 0.6 is 0 Å². The Balaban J connectivity index is 1.84. The number of aromatic amines is 1. The fourth-order valence-corrected chi connectivity index (χ4v) is 3.44. The van der Waals surface area contributed by atoms with Gasteiger partial charge in [-0.25, -0.2) is 4.79 Å². The maximum atomic E-state index is 11.7. The van der Waals surface area contributed by atoms with Gasteiger partial charge in [-0.1, -0.05) is 13.8 Å². The van der Waals surface area contributed by atoms with Crippen LogP contribution in [-0.2, 0) is 11.2 Å². The Hall–Kier alpha value is -1.32. The van der Waals surface area contributed by atoms with Gasteiger partial charge >= 0.3 is 5.97 Å². The molecule has 0 spiro atoms. The van der Waals surface area contributed by atoms with E-state index in [1.807, 2.05) is 6.92 Å². The summed E-state index contributed by atoms with van der Waals surface area (Å²) in [6.45, 7) is 6.76. The molecule has 4 heteroatoms. The van der Waals surface area contributed by atoms with Crippen molar-refractivity contribution in [1.29, 1.82) is 0 Å². The number of H-pyrrole nitrogens is 1. The first-order valence-electron chi connectivity index (χ1n) is 6.39. The molecule has 1 saturated carbocycles. The Morgan fingerprint density at radius 1 is 1.59 bits per heavy atom. The number of esters is 1. The van der Waals surface area contributed by atoms with E-state index in [9.17, 15) is 4.79 Å². The molecule has 0 aromatic carbocycles. The van der Waals surface area contributed by atoms with E-state index in [0.29, 0.717) is 24.1 Å². The smallest absolute Gasteiger partial charge is 0.359 e. The van der Waals surface area contributed by atoms with Gasteiger partial charge in [0.05, 0.1) is 6.61 Å². The number of carbonyl (C=O) groups is 1. The van der Waals surface area contributed by atoms with Gasteiger partial charge in [-0.15, -0.1) is 0 Å². The lowest BCUT2D eigenvalue weighted by molar-refractivity contribution is 0.0518. The summed E-state index contributed by atoms with van der Waals surface area (Å²) in [6, 6.07) is 0. The Bertz CT molecular complexity index is 464. The van der Waals surface area contributed by atoms with E-state index in [4.69, 9.17) is 4.74 Å². The van der Waals surface area contributed by atoms with Crippen molar-refractivity contribution >= 4 is 5.97 Å². The molecule has 1 aromatic heterocycles. The highest BCUT2D eigenvalue weighted by Gasteiger charge is 2.58. The van der Waals surface area contributed by atoms with Crippen molar-refractivity contribution in [3.05, 3.63) is 17.0 Å². The van der Waals surface area contributed by atoms with Crippen molar-refractivity contribution in [2.75, 3.05) is 6.61 Å². The molecule has 0 radical (unpaired) electrons. The molecule has 1 fully saturated rings. The molecule has 0 aliphatic heterocycles. The molecule has 0 bridgehead atoms. The first kappa shape index (κ1) is 10.8. The van der Waals surface area contributed by atoms with Crippen molar-refractivity contribution < 1.29 is 9.53 Å². The predicted octanol–water partition coefficient (Wildman–Crippen LogP) is 2.13. The van der Waals surface area contributed by atoms with Crippen molar-refractivity contribution in [3.8, 4) is 0 Å². The zero-order chi connectivity index (χ0) is 12.2. The van der Waals surface area contributed by atoms with Gasteiger partial charge in [0.25, 0.3) is 0 Å². The van der Waals surface area contributed by atoms with E-state index >= 15 is 0 Å². The van der Waals surface area contributed by atoms with Crippen LogP contribution in [0.5, 0.6) is 0 Å². The Morgan fingerprint density at radius 3 is 3.00 bits per heavy atom. The molecule has 2 aliphatic rings. The number of carbonyl (C=O) groups excluding carboxylic acids is 1. The normalized spacial score (nSPS) is 29.1. The maximum Gasteiger partial charge on any atom is 0.359 e. The van der Waals surface area contributed by atoms with Gasteiger partial charge in [0, 0.05) is 17.2 Å². The van der Waals surface area contributed by atoms with Crippen molar-refractivity contribution in [1.82, 2.24) is 10.2 Å². The van der Waals surface area contributed by atoms with Crippen molar-refractivity contribution in [3.63, 3.8) is 0 Å². The fourth-order valence-electron chi connectivity index (χ4n) is 3.44. The Morgan fingerprint density at radius 2 is 2.35 bits per heavy atom. The molecule has 1 heterocycles. The highest BCUT2D eigenvalue weighted by molar-refractivity contribution is 5.89. The molecule has 17 heavy (non-hydrogen) atoms. The first-order chi connectivity index (χ1) is 8.15. The lowest BCUT2D eigenvalue weighted by Crippen LogP contribution is -2.09. The standard InChI is InChI=1S/C13H18N2O2/c1-4-17-13(16)12-8-5-7-9(6(2)3)10(7)11(8)14-15-12/h6-7,9-10H,4-5H2,1-3H3,(H,14,15)/t7-,9-,10-/m0/s1. The minimum Gasteiger partial charge on any atom is -0.461 e. The van der Waals surface area contributed by atoms with E-state index in [1.165, 1.54) is 5.69 Å². The minimum atomic E-state index is -0.285. The second kappa shape index (κ2) is 3.59. The number of aromatic nitrogens is 2. The number of ether oxygens (including phenoxy) is 1. The molecule has 1 aromatic rings. The fraction of sp³-hybridized carbons (Fsp3) is 0.692. The lowest BCUT2D eigenvalue weighted by atomic mass is 9.99. The second-order valence-corrected chi connectivity index (χ2v) is 5.40.